The number of urea groups is 1. The fourth-order valence-electron chi connectivity index (χ4n) is 5.37. The number of hydrogen-bond donors (Lipinski definition) is 2. The molecule has 1 aromatic carbocycles. The van der Waals surface area contributed by atoms with E-state index in [9.17, 15) is 19.5 Å². The maximum Gasteiger partial charge on any atom is 0.346 e. The third kappa shape index (κ3) is 4.62. The minimum absolute atomic E-state index is 0.00140. The summed E-state index contributed by atoms with van der Waals surface area (Å²) in [4.78, 5) is 46.1. The van der Waals surface area contributed by atoms with E-state index in [0.717, 1.165) is 16.7 Å². The Labute approximate surface area is 223 Å². The zero-order valence-corrected chi connectivity index (χ0v) is 23.6. The number of benzene rings is 1. The van der Waals surface area contributed by atoms with E-state index in [-0.39, 0.29) is 25.5 Å². The first-order chi connectivity index (χ1) is 17.1. The van der Waals surface area contributed by atoms with E-state index in [0.29, 0.717) is 5.69 Å². The Kier molecular flexibility index (Phi) is 8.03. The van der Waals surface area contributed by atoms with Crippen LogP contribution in [0.1, 0.15) is 53.5 Å². The summed E-state index contributed by atoms with van der Waals surface area (Å²) in [6.07, 6.45) is 0.152. The zero-order chi connectivity index (χ0) is 27.9. The standard InChI is InChI=1S/C27H38ClN3O6/c1-16(13-21(28)22(33)30(7)8)23(34)36-15-25(4)26(5)17(2)18(3)27(25,6)37-31(26)24(35)29-20-11-9-19(14-32)10-12-20/h9-12,16,21,32H,13-15H2,1-8H3,(H,29,35). The van der Waals surface area contributed by atoms with E-state index in [2.05, 4.69) is 5.32 Å². The molecule has 5 atom stereocenters. The summed E-state index contributed by atoms with van der Waals surface area (Å²) in [6.45, 7) is 11.3. The number of esters is 1. The van der Waals surface area contributed by atoms with Crippen LogP contribution in [0.5, 0.6) is 0 Å². The van der Waals surface area contributed by atoms with Crippen LogP contribution in [0.4, 0.5) is 10.5 Å². The van der Waals surface area contributed by atoms with Gasteiger partial charge in [-0.1, -0.05) is 26.0 Å². The number of carbonyl (C=O) groups is 3. The number of alkyl halides is 1. The second kappa shape index (κ2) is 10.3. The Morgan fingerprint density at radius 2 is 1.73 bits per heavy atom. The first-order valence-electron chi connectivity index (χ1n) is 12.3. The molecule has 0 spiro atoms. The van der Waals surface area contributed by atoms with Gasteiger partial charge < -0.3 is 20.1 Å². The lowest BCUT2D eigenvalue weighted by Gasteiger charge is -2.41. The van der Waals surface area contributed by atoms with E-state index < -0.39 is 39.9 Å². The fraction of sp³-hybridized carbons (Fsp3) is 0.593. The van der Waals surface area contributed by atoms with Gasteiger partial charge in [0, 0.05) is 19.8 Å². The van der Waals surface area contributed by atoms with Crippen LogP contribution in [0.2, 0.25) is 0 Å². The van der Waals surface area contributed by atoms with Gasteiger partial charge in [0.1, 0.15) is 23.1 Å². The monoisotopic (exact) mass is 535 g/mol. The molecule has 1 fully saturated rings. The molecule has 0 saturated carbocycles. The summed E-state index contributed by atoms with van der Waals surface area (Å²) >= 11 is 6.21. The number of fused-ring (bicyclic) bond motifs is 2. The lowest BCUT2D eigenvalue weighted by molar-refractivity contribution is -0.172. The van der Waals surface area contributed by atoms with E-state index in [1.54, 1.807) is 45.3 Å². The average Bonchev–Trinajstić information content (AvgIpc) is 3.11. The highest BCUT2D eigenvalue weighted by Gasteiger charge is 2.75. The van der Waals surface area contributed by atoms with E-state index in [1.807, 2.05) is 34.6 Å². The lowest BCUT2D eigenvalue weighted by Crippen LogP contribution is -2.56. The highest BCUT2D eigenvalue weighted by atomic mass is 35.5. The van der Waals surface area contributed by atoms with Crippen molar-refractivity contribution >= 4 is 35.2 Å². The molecule has 1 aliphatic heterocycles. The van der Waals surface area contributed by atoms with Crippen LogP contribution in [-0.2, 0) is 25.8 Å². The normalized spacial score (nSPS) is 28.2. The van der Waals surface area contributed by atoms with Gasteiger partial charge in [0.25, 0.3) is 0 Å². The van der Waals surface area contributed by atoms with Gasteiger partial charge in [0.2, 0.25) is 5.91 Å². The first kappa shape index (κ1) is 28.9. The molecular weight excluding hydrogens is 498 g/mol. The average molecular weight is 536 g/mol. The molecule has 0 radical (unpaired) electrons. The van der Waals surface area contributed by atoms with Crippen LogP contribution < -0.4 is 5.32 Å². The molecule has 1 saturated heterocycles. The molecule has 9 nitrogen and oxygen atoms in total. The molecule has 1 heterocycles. The van der Waals surface area contributed by atoms with Crippen molar-refractivity contribution in [2.75, 3.05) is 26.0 Å². The number of aliphatic hydroxyl groups is 1. The second-order valence-electron chi connectivity index (χ2n) is 10.8. The fourth-order valence-corrected chi connectivity index (χ4v) is 5.83. The Balaban J connectivity index is 1.78. The lowest BCUT2D eigenvalue weighted by atomic mass is 9.66. The number of anilines is 1. The topological polar surface area (TPSA) is 108 Å². The van der Waals surface area contributed by atoms with Gasteiger partial charge in [-0.15, -0.1) is 11.6 Å². The summed E-state index contributed by atoms with van der Waals surface area (Å²) < 4.78 is 5.80. The number of amides is 3. The van der Waals surface area contributed by atoms with Crippen molar-refractivity contribution in [3.8, 4) is 0 Å². The van der Waals surface area contributed by atoms with Crippen LogP contribution in [-0.4, -0.2) is 70.2 Å². The maximum absolute atomic E-state index is 13.4. The molecule has 3 amide bonds. The van der Waals surface area contributed by atoms with Crippen molar-refractivity contribution in [3.05, 3.63) is 41.0 Å². The molecular formula is C27H38ClN3O6. The maximum atomic E-state index is 13.4. The number of hydrogen-bond acceptors (Lipinski definition) is 6. The predicted octanol–water partition coefficient (Wildman–Crippen LogP) is 4.10. The molecule has 10 heteroatoms. The number of nitrogens with zero attached hydrogens (tertiary/aromatic N) is 2. The molecule has 1 aliphatic carbocycles. The van der Waals surface area contributed by atoms with Crippen molar-refractivity contribution in [3.63, 3.8) is 0 Å². The summed E-state index contributed by atoms with van der Waals surface area (Å²) in [7, 11) is 3.23. The van der Waals surface area contributed by atoms with Crippen LogP contribution in [0, 0.1) is 11.3 Å². The summed E-state index contributed by atoms with van der Waals surface area (Å²) in [6, 6.07) is 6.43. The molecule has 2 bridgehead atoms. The summed E-state index contributed by atoms with van der Waals surface area (Å²) in [5, 5.41) is 12.6. The Morgan fingerprint density at radius 3 is 2.27 bits per heavy atom. The first-order valence-corrected chi connectivity index (χ1v) is 12.8. The van der Waals surface area contributed by atoms with Gasteiger partial charge in [-0.25, -0.2) is 4.79 Å². The molecule has 2 N–H and O–H groups in total. The second-order valence-corrected chi connectivity index (χ2v) is 11.3. The van der Waals surface area contributed by atoms with Gasteiger partial charge in [0.05, 0.1) is 17.9 Å². The number of aliphatic hydroxyl groups excluding tert-OH is 1. The number of rotatable bonds is 8. The summed E-state index contributed by atoms with van der Waals surface area (Å²) in [5.41, 5.74) is 0.654. The van der Waals surface area contributed by atoms with Crippen molar-refractivity contribution < 1.29 is 29.1 Å². The SMILES string of the molecule is CC1=C(C)C2(C)N(C(=O)Nc3ccc(CO)cc3)OC1(C)C2(C)COC(=O)C(C)CC(Cl)C(=O)N(C)C. The Morgan fingerprint density at radius 1 is 1.14 bits per heavy atom. The molecule has 1 aromatic rings. The third-order valence-electron chi connectivity index (χ3n) is 8.56. The number of hydroxylamine groups is 2. The van der Waals surface area contributed by atoms with E-state index in [1.165, 1.54) is 9.96 Å². The molecule has 37 heavy (non-hydrogen) atoms. The molecule has 5 unspecified atom stereocenters. The van der Waals surface area contributed by atoms with E-state index in [4.69, 9.17) is 21.2 Å². The van der Waals surface area contributed by atoms with Crippen molar-refractivity contribution in [1.29, 1.82) is 0 Å². The molecule has 3 rings (SSSR count). The minimum Gasteiger partial charge on any atom is -0.465 e. The quantitative estimate of drug-likeness (QED) is 0.295. The highest BCUT2D eigenvalue weighted by molar-refractivity contribution is 6.30. The van der Waals surface area contributed by atoms with E-state index >= 15 is 0 Å². The number of nitrogens with one attached hydrogen (secondary N) is 1. The van der Waals surface area contributed by atoms with Crippen LogP contribution in [0.15, 0.2) is 35.4 Å². The summed E-state index contributed by atoms with van der Waals surface area (Å²) in [5.74, 6) is -1.32. The molecule has 204 valence electrons. The Hall–Kier alpha value is -2.62. The van der Waals surface area contributed by atoms with Crippen molar-refractivity contribution in [2.45, 2.75) is 71.1 Å². The van der Waals surface area contributed by atoms with Gasteiger partial charge in [-0.3, -0.25) is 14.4 Å². The van der Waals surface area contributed by atoms with Crippen LogP contribution in [0.25, 0.3) is 0 Å². The number of halogens is 1. The smallest absolute Gasteiger partial charge is 0.346 e. The third-order valence-corrected chi connectivity index (χ3v) is 8.93. The van der Waals surface area contributed by atoms with Crippen molar-refractivity contribution in [2.24, 2.45) is 11.3 Å². The predicted molar refractivity (Wildman–Crippen MR) is 141 cm³/mol. The van der Waals surface area contributed by atoms with Crippen molar-refractivity contribution in [1.82, 2.24) is 9.96 Å². The van der Waals surface area contributed by atoms with Crippen LogP contribution >= 0.6 is 11.6 Å². The Bertz CT molecular complexity index is 1110. The number of ether oxygens (including phenoxy) is 1. The molecule has 0 aromatic heterocycles. The van der Waals surface area contributed by atoms with Gasteiger partial charge in [-0.05, 0) is 63.0 Å². The van der Waals surface area contributed by atoms with Gasteiger partial charge in [0.15, 0.2) is 0 Å². The molecule has 2 aliphatic rings. The largest absolute Gasteiger partial charge is 0.465 e. The van der Waals surface area contributed by atoms with Gasteiger partial charge >= 0.3 is 12.0 Å². The van der Waals surface area contributed by atoms with Gasteiger partial charge in [-0.2, -0.15) is 5.06 Å². The minimum atomic E-state index is -0.902. The van der Waals surface area contributed by atoms with Crippen LogP contribution in [0.3, 0.4) is 0 Å². The number of carbonyl (C=O) groups excluding carboxylic acids is 3. The highest BCUT2D eigenvalue weighted by Crippen LogP contribution is 2.65. The zero-order valence-electron chi connectivity index (χ0n) is 22.8.